The lowest BCUT2D eigenvalue weighted by atomic mass is 10.1. The summed E-state index contributed by atoms with van der Waals surface area (Å²) in [6, 6.07) is 7.57. The van der Waals surface area contributed by atoms with Crippen LogP contribution in [0.5, 0.6) is 0 Å². The van der Waals surface area contributed by atoms with Gasteiger partial charge in [0.05, 0.1) is 13.2 Å². The van der Waals surface area contributed by atoms with E-state index in [0.29, 0.717) is 23.3 Å². The molecule has 0 radical (unpaired) electrons. The molecule has 0 aromatic heterocycles. The van der Waals surface area contributed by atoms with E-state index in [1.165, 1.54) is 0 Å². The van der Waals surface area contributed by atoms with E-state index in [1.54, 1.807) is 0 Å². The molecule has 16 heavy (non-hydrogen) atoms. The van der Waals surface area contributed by atoms with Gasteiger partial charge in [-0.2, -0.15) is 0 Å². The highest BCUT2D eigenvalue weighted by Gasteiger charge is 2.06. The minimum Gasteiger partial charge on any atom is -0.483 e. The summed E-state index contributed by atoms with van der Waals surface area (Å²) >= 11 is 10.2. The van der Waals surface area contributed by atoms with Gasteiger partial charge >= 0.3 is 0 Å². The first kappa shape index (κ1) is 13.1. The van der Waals surface area contributed by atoms with Gasteiger partial charge in [0.25, 0.3) is 0 Å². The third-order valence-corrected chi connectivity index (χ3v) is 2.59. The van der Waals surface area contributed by atoms with E-state index in [9.17, 15) is 0 Å². The summed E-state index contributed by atoms with van der Waals surface area (Å²) in [6.07, 6.45) is 0. The fourth-order valence-electron chi connectivity index (χ4n) is 1.20. The number of thiocarbonyl (C=S) groups is 2. The Labute approximate surface area is 107 Å². The van der Waals surface area contributed by atoms with Crippen molar-refractivity contribution in [1.82, 2.24) is 0 Å². The Morgan fingerprint density at radius 1 is 1.00 bits per heavy atom. The lowest BCUT2D eigenvalue weighted by Crippen LogP contribution is -2.07. The van der Waals surface area contributed by atoms with Gasteiger partial charge in [-0.05, 0) is 44.3 Å². The predicted octanol–water partition coefficient (Wildman–Crippen LogP) is 3.11. The average molecular weight is 254 g/mol. The Bertz CT molecular complexity index is 355. The van der Waals surface area contributed by atoms with Gasteiger partial charge in [0.2, 0.25) is 0 Å². The summed E-state index contributed by atoms with van der Waals surface area (Å²) in [6.45, 7) is 4.94. The minimum absolute atomic E-state index is 0.489. The molecular formula is C12H14O2S2. The molecule has 0 saturated carbocycles. The zero-order valence-electron chi connectivity index (χ0n) is 9.36. The van der Waals surface area contributed by atoms with Crippen molar-refractivity contribution in [3.05, 3.63) is 35.4 Å². The minimum atomic E-state index is 0.489. The number of benzene rings is 1. The second kappa shape index (κ2) is 6.55. The van der Waals surface area contributed by atoms with Crippen LogP contribution >= 0.6 is 24.4 Å². The van der Waals surface area contributed by atoms with E-state index < -0.39 is 0 Å². The lowest BCUT2D eigenvalue weighted by molar-refractivity contribution is 0.336. The van der Waals surface area contributed by atoms with Gasteiger partial charge in [0.1, 0.15) is 0 Å². The van der Waals surface area contributed by atoms with Gasteiger partial charge in [-0.25, -0.2) is 0 Å². The summed E-state index contributed by atoms with van der Waals surface area (Å²) in [4.78, 5) is 0. The van der Waals surface area contributed by atoms with Crippen molar-refractivity contribution in [3.63, 3.8) is 0 Å². The summed E-state index contributed by atoms with van der Waals surface area (Å²) < 4.78 is 10.5. The normalized spacial score (nSPS) is 9.62. The van der Waals surface area contributed by atoms with Gasteiger partial charge in [-0.3, -0.25) is 0 Å². The third-order valence-electron chi connectivity index (χ3n) is 1.88. The number of ether oxygens (including phenoxy) is 2. The monoisotopic (exact) mass is 254 g/mol. The fourth-order valence-corrected chi connectivity index (χ4v) is 1.69. The van der Waals surface area contributed by atoms with Crippen LogP contribution in [-0.2, 0) is 9.47 Å². The van der Waals surface area contributed by atoms with Gasteiger partial charge in [-0.15, -0.1) is 0 Å². The molecule has 0 spiro atoms. The molecule has 0 N–H and O–H groups in total. The molecule has 0 saturated heterocycles. The van der Waals surface area contributed by atoms with E-state index in [1.807, 2.05) is 38.1 Å². The van der Waals surface area contributed by atoms with Crippen LogP contribution in [0.1, 0.15) is 25.0 Å². The highest BCUT2D eigenvalue weighted by Crippen LogP contribution is 2.10. The van der Waals surface area contributed by atoms with Crippen LogP contribution < -0.4 is 0 Å². The largest absolute Gasteiger partial charge is 0.483 e. The van der Waals surface area contributed by atoms with Crippen LogP contribution in [0, 0.1) is 0 Å². The Hall–Kier alpha value is -1.00. The van der Waals surface area contributed by atoms with Crippen molar-refractivity contribution in [3.8, 4) is 0 Å². The molecule has 0 atom stereocenters. The molecule has 0 unspecified atom stereocenters. The Morgan fingerprint density at radius 3 is 1.81 bits per heavy atom. The zero-order valence-corrected chi connectivity index (χ0v) is 11.0. The van der Waals surface area contributed by atoms with Crippen molar-refractivity contribution in [2.45, 2.75) is 13.8 Å². The lowest BCUT2D eigenvalue weighted by Gasteiger charge is -2.08. The molecule has 2 nitrogen and oxygen atoms in total. The predicted molar refractivity (Wildman–Crippen MR) is 73.1 cm³/mol. The maximum Gasteiger partial charge on any atom is 0.191 e. The summed E-state index contributed by atoms with van der Waals surface area (Å²) in [5.74, 6) is 0. The molecular weight excluding hydrogens is 240 g/mol. The van der Waals surface area contributed by atoms with E-state index in [-0.39, 0.29) is 0 Å². The maximum absolute atomic E-state index is 5.27. The van der Waals surface area contributed by atoms with Crippen molar-refractivity contribution >= 4 is 34.5 Å². The van der Waals surface area contributed by atoms with Gasteiger partial charge in [0, 0.05) is 11.1 Å². The van der Waals surface area contributed by atoms with Crippen LogP contribution in [0.25, 0.3) is 0 Å². The fraction of sp³-hybridized carbons (Fsp3) is 0.333. The van der Waals surface area contributed by atoms with Gasteiger partial charge < -0.3 is 9.47 Å². The smallest absolute Gasteiger partial charge is 0.191 e. The van der Waals surface area contributed by atoms with E-state index in [2.05, 4.69) is 0 Å². The molecule has 0 bridgehead atoms. The Morgan fingerprint density at radius 2 is 1.44 bits per heavy atom. The van der Waals surface area contributed by atoms with Gasteiger partial charge in [-0.1, -0.05) is 18.2 Å². The van der Waals surface area contributed by atoms with E-state index in [4.69, 9.17) is 33.9 Å². The highest BCUT2D eigenvalue weighted by molar-refractivity contribution is 7.80. The van der Waals surface area contributed by atoms with Crippen LogP contribution in [0.2, 0.25) is 0 Å². The molecule has 0 fully saturated rings. The highest BCUT2D eigenvalue weighted by atomic mass is 32.1. The number of hydrogen-bond donors (Lipinski definition) is 0. The number of hydrogen-bond acceptors (Lipinski definition) is 4. The summed E-state index contributed by atoms with van der Waals surface area (Å²) in [7, 11) is 0. The van der Waals surface area contributed by atoms with Crippen LogP contribution in [0.4, 0.5) is 0 Å². The second-order valence-corrected chi connectivity index (χ2v) is 3.76. The second-order valence-electron chi connectivity index (χ2n) is 3.02. The summed E-state index contributed by atoms with van der Waals surface area (Å²) in [5, 5.41) is 0.979. The summed E-state index contributed by atoms with van der Waals surface area (Å²) in [5.41, 5.74) is 1.72. The molecule has 0 aliphatic carbocycles. The molecule has 4 heteroatoms. The molecule has 0 aliphatic rings. The first-order valence-corrected chi connectivity index (χ1v) is 5.95. The molecule has 1 aromatic carbocycles. The number of rotatable bonds is 4. The van der Waals surface area contributed by atoms with Crippen molar-refractivity contribution in [2.24, 2.45) is 0 Å². The molecule has 1 aromatic rings. The molecule has 0 aliphatic heterocycles. The molecule has 0 amide bonds. The van der Waals surface area contributed by atoms with E-state index >= 15 is 0 Å². The van der Waals surface area contributed by atoms with Gasteiger partial charge in [0.15, 0.2) is 10.1 Å². The average Bonchev–Trinajstić information content (AvgIpc) is 2.30. The third kappa shape index (κ3) is 3.54. The molecule has 0 heterocycles. The SMILES string of the molecule is CCOC(=S)c1cccc(C(=S)OCC)c1. The van der Waals surface area contributed by atoms with Crippen molar-refractivity contribution < 1.29 is 9.47 Å². The van der Waals surface area contributed by atoms with E-state index in [0.717, 1.165) is 11.1 Å². The quantitative estimate of drug-likeness (QED) is 0.768. The Kier molecular flexibility index (Phi) is 5.35. The van der Waals surface area contributed by atoms with Crippen molar-refractivity contribution in [2.75, 3.05) is 13.2 Å². The molecule has 1 rings (SSSR count). The topological polar surface area (TPSA) is 18.5 Å². The van der Waals surface area contributed by atoms with Crippen LogP contribution in [-0.4, -0.2) is 23.3 Å². The first-order valence-electron chi connectivity index (χ1n) is 5.13. The van der Waals surface area contributed by atoms with Crippen LogP contribution in [0.3, 0.4) is 0 Å². The first-order chi connectivity index (χ1) is 7.69. The van der Waals surface area contributed by atoms with Crippen LogP contribution in [0.15, 0.2) is 24.3 Å². The van der Waals surface area contributed by atoms with Crippen molar-refractivity contribution in [1.29, 1.82) is 0 Å². The maximum atomic E-state index is 5.27. The Balaban J connectivity index is 2.86. The standard InChI is InChI=1S/C12H14O2S2/c1-3-13-11(15)9-6-5-7-10(8-9)12(16)14-4-2/h5-8H,3-4H2,1-2H3. The molecule has 86 valence electrons. The zero-order chi connectivity index (χ0) is 12.0.